The molecule has 0 unspecified atom stereocenters. The standard InChI is InChI=1S/C13H15N3/c14-12-1-3-13(4-2-12)16-10-7-11-5-8-15-9-6-11/h1-6,8-9,16H,7,10,14H2. The number of nitrogens with zero attached hydrogens (tertiary/aromatic N) is 1. The summed E-state index contributed by atoms with van der Waals surface area (Å²) >= 11 is 0. The lowest BCUT2D eigenvalue weighted by atomic mass is 10.2. The van der Waals surface area contributed by atoms with E-state index in [2.05, 4.69) is 10.3 Å². The van der Waals surface area contributed by atoms with Gasteiger partial charge >= 0.3 is 0 Å². The molecule has 16 heavy (non-hydrogen) atoms. The van der Waals surface area contributed by atoms with E-state index in [0.717, 1.165) is 24.3 Å². The van der Waals surface area contributed by atoms with Crippen LogP contribution in [-0.4, -0.2) is 11.5 Å². The fourth-order valence-corrected chi connectivity index (χ4v) is 1.50. The third-order valence-electron chi connectivity index (χ3n) is 2.40. The number of hydrogen-bond acceptors (Lipinski definition) is 3. The van der Waals surface area contributed by atoms with Crippen molar-refractivity contribution in [3.05, 3.63) is 54.4 Å². The Labute approximate surface area is 95.3 Å². The third-order valence-corrected chi connectivity index (χ3v) is 2.40. The minimum atomic E-state index is 0.791. The Balaban J connectivity index is 1.82. The number of hydrogen-bond donors (Lipinski definition) is 2. The van der Waals surface area contributed by atoms with E-state index in [9.17, 15) is 0 Å². The third kappa shape index (κ3) is 2.98. The summed E-state index contributed by atoms with van der Waals surface area (Å²) in [5.41, 5.74) is 8.79. The lowest BCUT2D eigenvalue weighted by Gasteiger charge is -2.06. The van der Waals surface area contributed by atoms with Crippen LogP contribution < -0.4 is 11.1 Å². The molecule has 0 fully saturated rings. The molecular formula is C13H15N3. The molecule has 0 saturated carbocycles. The molecule has 2 aromatic rings. The Morgan fingerprint density at radius 3 is 2.38 bits per heavy atom. The van der Waals surface area contributed by atoms with E-state index in [1.165, 1.54) is 5.56 Å². The number of nitrogens with two attached hydrogens (primary N) is 1. The van der Waals surface area contributed by atoms with Crippen LogP contribution in [0.25, 0.3) is 0 Å². The van der Waals surface area contributed by atoms with Crippen molar-refractivity contribution in [1.29, 1.82) is 0 Å². The first-order chi connectivity index (χ1) is 7.84. The van der Waals surface area contributed by atoms with Crippen LogP contribution in [0.3, 0.4) is 0 Å². The SMILES string of the molecule is Nc1ccc(NCCc2ccncc2)cc1. The molecule has 0 bridgehead atoms. The number of rotatable bonds is 4. The second kappa shape index (κ2) is 5.16. The summed E-state index contributed by atoms with van der Waals surface area (Å²) < 4.78 is 0. The Kier molecular flexibility index (Phi) is 3.38. The minimum Gasteiger partial charge on any atom is -0.399 e. The lowest BCUT2D eigenvalue weighted by molar-refractivity contribution is 1.01. The Morgan fingerprint density at radius 1 is 1.00 bits per heavy atom. The van der Waals surface area contributed by atoms with Gasteiger partial charge in [-0.05, 0) is 48.4 Å². The van der Waals surface area contributed by atoms with Crippen LogP contribution >= 0.6 is 0 Å². The Morgan fingerprint density at radius 2 is 1.69 bits per heavy atom. The Bertz CT molecular complexity index is 423. The molecule has 2 rings (SSSR count). The molecule has 0 atom stereocenters. The quantitative estimate of drug-likeness (QED) is 0.766. The molecule has 0 aliphatic heterocycles. The number of nitrogens with one attached hydrogen (secondary N) is 1. The second-order valence-corrected chi connectivity index (χ2v) is 3.65. The highest BCUT2D eigenvalue weighted by Gasteiger charge is 1.93. The molecule has 0 radical (unpaired) electrons. The van der Waals surface area contributed by atoms with E-state index in [-0.39, 0.29) is 0 Å². The summed E-state index contributed by atoms with van der Waals surface area (Å²) in [5, 5.41) is 3.34. The van der Waals surface area contributed by atoms with E-state index in [4.69, 9.17) is 5.73 Å². The van der Waals surface area contributed by atoms with Crippen molar-refractivity contribution in [2.24, 2.45) is 0 Å². The highest BCUT2D eigenvalue weighted by molar-refractivity contribution is 5.51. The molecule has 0 aliphatic rings. The predicted octanol–water partition coefficient (Wildman–Crippen LogP) is 2.32. The van der Waals surface area contributed by atoms with Crippen LogP contribution in [0.1, 0.15) is 5.56 Å². The zero-order valence-corrected chi connectivity index (χ0v) is 9.06. The first-order valence-electron chi connectivity index (χ1n) is 5.33. The molecule has 1 aromatic heterocycles. The van der Waals surface area contributed by atoms with Crippen molar-refractivity contribution in [3.8, 4) is 0 Å². The highest BCUT2D eigenvalue weighted by Crippen LogP contribution is 2.10. The smallest absolute Gasteiger partial charge is 0.0341 e. The zero-order chi connectivity index (χ0) is 11.2. The summed E-state index contributed by atoms with van der Waals surface area (Å²) in [6.45, 7) is 0.911. The number of benzene rings is 1. The topological polar surface area (TPSA) is 50.9 Å². The molecule has 3 heteroatoms. The maximum Gasteiger partial charge on any atom is 0.0341 e. The van der Waals surface area contributed by atoms with Gasteiger partial charge in [0, 0.05) is 30.3 Å². The van der Waals surface area contributed by atoms with Gasteiger partial charge in [-0.1, -0.05) is 0 Å². The van der Waals surface area contributed by atoms with Gasteiger partial charge in [-0.3, -0.25) is 4.98 Å². The molecule has 0 spiro atoms. The van der Waals surface area contributed by atoms with Crippen LogP contribution in [0.2, 0.25) is 0 Å². The minimum absolute atomic E-state index is 0.791. The van der Waals surface area contributed by atoms with Gasteiger partial charge in [0.15, 0.2) is 0 Å². The fraction of sp³-hybridized carbons (Fsp3) is 0.154. The van der Waals surface area contributed by atoms with Crippen molar-refractivity contribution in [1.82, 2.24) is 4.98 Å². The molecule has 1 heterocycles. The molecule has 0 amide bonds. The van der Waals surface area contributed by atoms with Crippen LogP contribution in [0.4, 0.5) is 11.4 Å². The lowest BCUT2D eigenvalue weighted by Crippen LogP contribution is -2.04. The van der Waals surface area contributed by atoms with Crippen molar-refractivity contribution < 1.29 is 0 Å². The Hall–Kier alpha value is -2.03. The van der Waals surface area contributed by atoms with E-state index in [1.807, 2.05) is 48.8 Å². The van der Waals surface area contributed by atoms with Gasteiger partial charge in [0.05, 0.1) is 0 Å². The number of pyridine rings is 1. The van der Waals surface area contributed by atoms with Gasteiger partial charge in [0.2, 0.25) is 0 Å². The largest absolute Gasteiger partial charge is 0.399 e. The van der Waals surface area contributed by atoms with E-state index in [1.54, 1.807) is 0 Å². The first kappa shape index (κ1) is 10.5. The van der Waals surface area contributed by atoms with E-state index < -0.39 is 0 Å². The highest BCUT2D eigenvalue weighted by atomic mass is 14.9. The molecule has 3 N–H and O–H groups in total. The molecule has 3 nitrogen and oxygen atoms in total. The average Bonchev–Trinajstić information content (AvgIpc) is 2.33. The van der Waals surface area contributed by atoms with Crippen LogP contribution in [0.5, 0.6) is 0 Å². The van der Waals surface area contributed by atoms with Crippen LogP contribution in [0, 0.1) is 0 Å². The average molecular weight is 213 g/mol. The van der Waals surface area contributed by atoms with Gasteiger partial charge in [-0.2, -0.15) is 0 Å². The fourth-order valence-electron chi connectivity index (χ4n) is 1.50. The number of nitrogen functional groups attached to an aromatic ring is 1. The van der Waals surface area contributed by atoms with Crippen molar-refractivity contribution in [3.63, 3.8) is 0 Å². The predicted molar refractivity (Wildman–Crippen MR) is 67.3 cm³/mol. The molecule has 1 aromatic carbocycles. The van der Waals surface area contributed by atoms with Gasteiger partial charge in [-0.25, -0.2) is 0 Å². The molecule has 82 valence electrons. The van der Waals surface area contributed by atoms with Crippen molar-refractivity contribution >= 4 is 11.4 Å². The van der Waals surface area contributed by atoms with Crippen LogP contribution in [0.15, 0.2) is 48.8 Å². The van der Waals surface area contributed by atoms with Crippen LogP contribution in [-0.2, 0) is 6.42 Å². The molecule has 0 saturated heterocycles. The first-order valence-corrected chi connectivity index (χ1v) is 5.33. The van der Waals surface area contributed by atoms with E-state index in [0.29, 0.717) is 0 Å². The summed E-state index contributed by atoms with van der Waals surface area (Å²) in [4.78, 5) is 3.99. The van der Waals surface area contributed by atoms with Gasteiger partial charge in [0.25, 0.3) is 0 Å². The maximum absolute atomic E-state index is 5.61. The monoisotopic (exact) mass is 213 g/mol. The van der Waals surface area contributed by atoms with Gasteiger partial charge in [0.1, 0.15) is 0 Å². The second-order valence-electron chi connectivity index (χ2n) is 3.65. The van der Waals surface area contributed by atoms with E-state index >= 15 is 0 Å². The molecular weight excluding hydrogens is 198 g/mol. The number of anilines is 2. The van der Waals surface area contributed by atoms with Gasteiger partial charge in [-0.15, -0.1) is 0 Å². The molecule has 0 aliphatic carbocycles. The summed E-state index contributed by atoms with van der Waals surface area (Å²) in [7, 11) is 0. The normalized spacial score (nSPS) is 10.0. The van der Waals surface area contributed by atoms with Crippen molar-refractivity contribution in [2.75, 3.05) is 17.6 Å². The summed E-state index contributed by atoms with van der Waals surface area (Å²) in [5.74, 6) is 0. The van der Waals surface area contributed by atoms with Gasteiger partial charge < -0.3 is 11.1 Å². The van der Waals surface area contributed by atoms with Crippen molar-refractivity contribution in [2.45, 2.75) is 6.42 Å². The summed E-state index contributed by atoms with van der Waals surface area (Å²) in [6, 6.07) is 11.8. The zero-order valence-electron chi connectivity index (χ0n) is 9.06. The summed E-state index contributed by atoms with van der Waals surface area (Å²) in [6.07, 6.45) is 4.63. The maximum atomic E-state index is 5.61. The number of aromatic nitrogens is 1.